The summed E-state index contributed by atoms with van der Waals surface area (Å²) in [5.74, 6) is 0.862. The van der Waals surface area contributed by atoms with E-state index < -0.39 is 0 Å². The Morgan fingerprint density at radius 1 is 1.44 bits per heavy atom. The van der Waals surface area contributed by atoms with Crippen molar-refractivity contribution in [3.05, 3.63) is 30.1 Å². The zero-order valence-electron chi connectivity index (χ0n) is 8.65. The standard InChI is InChI=1S/C10H11N5S/c1-2-8(6-11-5-1)7-16-10-12-13-14-15(10)9-3-4-9/h1-2,5-6,9H,3-4,7H2. The van der Waals surface area contributed by atoms with Crippen LogP contribution < -0.4 is 0 Å². The summed E-state index contributed by atoms with van der Waals surface area (Å²) in [4.78, 5) is 4.08. The highest BCUT2D eigenvalue weighted by molar-refractivity contribution is 7.98. The number of tetrazole rings is 1. The molecule has 0 saturated heterocycles. The van der Waals surface area contributed by atoms with E-state index >= 15 is 0 Å². The molecule has 6 heteroatoms. The third-order valence-corrected chi connectivity index (χ3v) is 3.45. The molecule has 0 unspecified atom stereocenters. The summed E-state index contributed by atoms with van der Waals surface area (Å²) in [5, 5.41) is 12.7. The Labute approximate surface area is 97.3 Å². The van der Waals surface area contributed by atoms with Crippen molar-refractivity contribution in [2.75, 3.05) is 0 Å². The van der Waals surface area contributed by atoms with Gasteiger partial charge in [-0.25, -0.2) is 4.68 Å². The van der Waals surface area contributed by atoms with Crippen LogP contribution in [-0.2, 0) is 5.75 Å². The Kier molecular flexibility index (Phi) is 2.57. The first kappa shape index (κ1) is 9.77. The lowest BCUT2D eigenvalue weighted by molar-refractivity contribution is 0.565. The van der Waals surface area contributed by atoms with Crippen LogP contribution in [0.3, 0.4) is 0 Å². The molecule has 0 radical (unpaired) electrons. The van der Waals surface area contributed by atoms with Gasteiger partial charge in [0, 0.05) is 18.1 Å². The van der Waals surface area contributed by atoms with E-state index in [9.17, 15) is 0 Å². The van der Waals surface area contributed by atoms with E-state index in [4.69, 9.17) is 0 Å². The molecular weight excluding hydrogens is 222 g/mol. The molecular formula is C10H11N5S. The number of hydrogen-bond donors (Lipinski definition) is 0. The van der Waals surface area contributed by atoms with Crippen LogP contribution in [-0.4, -0.2) is 25.2 Å². The van der Waals surface area contributed by atoms with Crippen molar-refractivity contribution in [1.82, 2.24) is 25.2 Å². The van der Waals surface area contributed by atoms with Gasteiger partial charge < -0.3 is 0 Å². The van der Waals surface area contributed by atoms with Crippen molar-refractivity contribution >= 4 is 11.8 Å². The summed E-state index contributed by atoms with van der Waals surface area (Å²) in [6.07, 6.45) is 6.05. The second-order valence-electron chi connectivity index (χ2n) is 3.79. The minimum absolute atomic E-state index is 0.534. The number of rotatable bonds is 4. The first-order valence-corrected chi connectivity index (χ1v) is 6.21. The second kappa shape index (κ2) is 4.21. The molecule has 1 aliphatic carbocycles. The van der Waals surface area contributed by atoms with Crippen LogP contribution in [0.4, 0.5) is 0 Å². The third-order valence-electron chi connectivity index (χ3n) is 2.45. The molecule has 0 bridgehead atoms. The highest BCUT2D eigenvalue weighted by Gasteiger charge is 2.27. The topological polar surface area (TPSA) is 56.5 Å². The van der Waals surface area contributed by atoms with E-state index in [-0.39, 0.29) is 0 Å². The summed E-state index contributed by atoms with van der Waals surface area (Å²) in [6, 6.07) is 4.54. The molecule has 0 amide bonds. The van der Waals surface area contributed by atoms with Crippen molar-refractivity contribution in [1.29, 1.82) is 0 Å². The van der Waals surface area contributed by atoms with Gasteiger partial charge in [-0.15, -0.1) is 5.10 Å². The van der Waals surface area contributed by atoms with Gasteiger partial charge in [0.2, 0.25) is 5.16 Å². The number of hydrogen-bond acceptors (Lipinski definition) is 5. The molecule has 0 N–H and O–H groups in total. The fourth-order valence-corrected chi connectivity index (χ4v) is 2.34. The minimum Gasteiger partial charge on any atom is -0.264 e. The van der Waals surface area contributed by atoms with Crippen molar-refractivity contribution < 1.29 is 0 Å². The summed E-state index contributed by atoms with van der Waals surface area (Å²) in [7, 11) is 0. The number of thioether (sulfide) groups is 1. The highest BCUT2D eigenvalue weighted by Crippen LogP contribution is 2.36. The van der Waals surface area contributed by atoms with Gasteiger partial charge >= 0.3 is 0 Å². The first-order chi connectivity index (χ1) is 7.93. The van der Waals surface area contributed by atoms with Crippen LogP contribution in [0, 0.1) is 0 Å². The molecule has 16 heavy (non-hydrogen) atoms. The molecule has 5 nitrogen and oxygen atoms in total. The van der Waals surface area contributed by atoms with Crippen LogP contribution in [0.25, 0.3) is 0 Å². The Morgan fingerprint density at radius 3 is 3.12 bits per heavy atom. The number of nitrogens with zero attached hydrogens (tertiary/aromatic N) is 5. The van der Waals surface area contributed by atoms with Gasteiger partial charge in [-0.1, -0.05) is 17.8 Å². The van der Waals surface area contributed by atoms with Crippen LogP contribution in [0.1, 0.15) is 24.4 Å². The Balaban J connectivity index is 1.68. The van der Waals surface area contributed by atoms with Crippen LogP contribution in [0.15, 0.2) is 29.7 Å². The zero-order chi connectivity index (χ0) is 10.8. The fourth-order valence-electron chi connectivity index (χ4n) is 1.46. The maximum atomic E-state index is 4.08. The summed E-state index contributed by atoms with van der Waals surface area (Å²) in [6.45, 7) is 0. The molecule has 0 aromatic carbocycles. The Morgan fingerprint density at radius 2 is 2.38 bits per heavy atom. The Hall–Kier alpha value is -1.43. The summed E-state index contributed by atoms with van der Waals surface area (Å²) < 4.78 is 1.93. The van der Waals surface area contributed by atoms with Crippen molar-refractivity contribution in [2.45, 2.75) is 29.8 Å². The summed E-state index contributed by atoms with van der Waals surface area (Å²) in [5.41, 5.74) is 1.19. The molecule has 2 heterocycles. The lowest BCUT2D eigenvalue weighted by atomic mass is 10.3. The van der Waals surface area contributed by atoms with Gasteiger partial charge in [0.25, 0.3) is 0 Å². The molecule has 82 valence electrons. The van der Waals surface area contributed by atoms with Gasteiger partial charge in [-0.05, 0) is 34.9 Å². The SMILES string of the molecule is c1cncc(CSc2nnnn2C2CC2)c1. The fraction of sp³-hybridized carbons (Fsp3) is 0.400. The van der Waals surface area contributed by atoms with Crippen LogP contribution >= 0.6 is 11.8 Å². The highest BCUT2D eigenvalue weighted by atomic mass is 32.2. The monoisotopic (exact) mass is 233 g/mol. The van der Waals surface area contributed by atoms with Crippen molar-refractivity contribution in [3.63, 3.8) is 0 Å². The predicted molar refractivity (Wildman–Crippen MR) is 59.9 cm³/mol. The predicted octanol–water partition coefficient (Wildman–Crippen LogP) is 1.70. The van der Waals surface area contributed by atoms with Gasteiger partial charge in [0.05, 0.1) is 6.04 Å². The van der Waals surface area contributed by atoms with E-state index in [1.807, 2.05) is 16.9 Å². The van der Waals surface area contributed by atoms with Gasteiger partial charge in [-0.2, -0.15) is 0 Å². The van der Waals surface area contributed by atoms with E-state index in [0.717, 1.165) is 10.9 Å². The van der Waals surface area contributed by atoms with Gasteiger partial charge in [0.15, 0.2) is 0 Å². The van der Waals surface area contributed by atoms with Crippen molar-refractivity contribution in [3.8, 4) is 0 Å². The maximum absolute atomic E-state index is 4.08. The molecule has 1 fully saturated rings. The average Bonchev–Trinajstić information content (AvgIpc) is 3.07. The Bertz CT molecular complexity index is 465. The van der Waals surface area contributed by atoms with Crippen molar-refractivity contribution in [2.24, 2.45) is 0 Å². The molecule has 2 aromatic rings. The van der Waals surface area contributed by atoms with Crippen LogP contribution in [0.2, 0.25) is 0 Å². The first-order valence-electron chi connectivity index (χ1n) is 5.23. The lowest BCUT2D eigenvalue weighted by Crippen LogP contribution is -1.98. The quantitative estimate of drug-likeness (QED) is 0.752. The normalized spacial score (nSPS) is 15.2. The van der Waals surface area contributed by atoms with Gasteiger partial charge in [0.1, 0.15) is 0 Å². The van der Waals surface area contributed by atoms with Gasteiger partial charge in [-0.3, -0.25) is 4.98 Å². The molecule has 1 saturated carbocycles. The average molecular weight is 233 g/mol. The minimum atomic E-state index is 0.534. The molecule has 1 aliphatic rings. The zero-order valence-corrected chi connectivity index (χ0v) is 9.47. The third kappa shape index (κ3) is 2.06. The molecule has 0 atom stereocenters. The van der Waals surface area contributed by atoms with E-state index in [1.54, 1.807) is 18.0 Å². The molecule has 0 aliphatic heterocycles. The van der Waals surface area contributed by atoms with E-state index in [1.165, 1.54) is 18.4 Å². The smallest absolute Gasteiger partial charge is 0.209 e. The molecule has 0 spiro atoms. The number of pyridine rings is 1. The molecule has 3 rings (SSSR count). The summed E-state index contributed by atoms with van der Waals surface area (Å²) >= 11 is 1.66. The van der Waals surface area contributed by atoms with E-state index in [2.05, 4.69) is 26.6 Å². The van der Waals surface area contributed by atoms with Crippen LogP contribution in [0.5, 0.6) is 0 Å². The number of aromatic nitrogens is 5. The largest absolute Gasteiger partial charge is 0.264 e. The maximum Gasteiger partial charge on any atom is 0.209 e. The van der Waals surface area contributed by atoms with E-state index in [0.29, 0.717) is 6.04 Å². The second-order valence-corrected chi connectivity index (χ2v) is 4.73. The molecule has 2 aromatic heterocycles. The lowest BCUT2D eigenvalue weighted by Gasteiger charge is -2.01.